The summed E-state index contributed by atoms with van der Waals surface area (Å²) in [4.78, 5) is 0. The third-order valence-corrected chi connectivity index (χ3v) is 5.20. The number of methoxy groups -OCH3 is 1. The smallest absolute Gasteiger partial charge is 0.118 e. The van der Waals surface area contributed by atoms with E-state index in [2.05, 4.69) is 32.6 Å². The second kappa shape index (κ2) is 7.68. The lowest BCUT2D eigenvalue weighted by Gasteiger charge is -2.44. The van der Waals surface area contributed by atoms with Gasteiger partial charge in [-0.15, -0.1) is 6.58 Å². The maximum Gasteiger partial charge on any atom is 0.118 e. The van der Waals surface area contributed by atoms with Gasteiger partial charge >= 0.3 is 0 Å². The maximum atomic E-state index is 6.34. The third kappa shape index (κ3) is 3.82. The Balaban J connectivity index is 1.66. The summed E-state index contributed by atoms with van der Waals surface area (Å²) in [5.74, 6) is 1.50. The van der Waals surface area contributed by atoms with Crippen molar-refractivity contribution in [3.8, 4) is 5.75 Å². The van der Waals surface area contributed by atoms with Gasteiger partial charge < -0.3 is 18.9 Å². The maximum absolute atomic E-state index is 6.34. The van der Waals surface area contributed by atoms with Crippen LogP contribution in [-0.2, 0) is 20.8 Å². The van der Waals surface area contributed by atoms with E-state index in [9.17, 15) is 0 Å². The summed E-state index contributed by atoms with van der Waals surface area (Å²) < 4.78 is 23.3. The molecule has 2 aliphatic rings. The molecule has 4 nitrogen and oxygen atoms in total. The molecule has 1 aromatic carbocycles. The number of epoxide rings is 1. The molecule has 0 aliphatic carbocycles. The molecule has 6 atom stereocenters. The van der Waals surface area contributed by atoms with Gasteiger partial charge in [0.25, 0.3) is 0 Å². The molecule has 24 heavy (non-hydrogen) atoms. The molecule has 2 heterocycles. The molecule has 0 radical (unpaired) electrons. The number of hydrogen-bond donors (Lipinski definition) is 0. The lowest BCUT2D eigenvalue weighted by molar-refractivity contribution is -0.187. The van der Waals surface area contributed by atoms with Gasteiger partial charge in [0.2, 0.25) is 0 Å². The lowest BCUT2D eigenvalue weighted by Crippen LogP contribution is -2.51. The minimum Gasteiger partial charge on any atom is -0.497 e. The fourth-order valence-electron chi connectivity index (χ4n) is 3.65. The SMILES string of the molecule is C=CC[C@H]1O[C@@H]([C@@H]2CO2)[C@H](C)[C@@H](OCc2ccc(OC)cc2)[C@H]1C. The van der Waals surface area contributed by atoms with E-state index in [0.717, 1.165) is 24.3 Å². The minimum atomic E-state index is 0.118. The van der Waals surface area contributed by atoms with Crippen LogP contribution in [0, 0.1) is 11.8 Å². The molecular formula is C20H28O4. The van der Waals surface area contributed by atoms with Gasteiger partial charge in [0.15, 0.2) is 0 Å². The highest BCUT2D eigenvalue weighted by Gasteiger charge is 2.48. The number of ether oxygens (including phenoxy) is 4. The first-order valence-corrected chi connectivity index (χ1v) is 8.76. The van der Waals surface area contributed by atoms with Gasteiger partial charge in [-0.1, -0.05) is 32.1 Å². The van der Waals surface area contributed by atoms with Crippen molar-refractivity contribution in [2.24, 2.45) is 11.8 Å². The quantitative estimate of drug-likeness (QED) is 0.565. The summed E-state index contributed by atoms with van der Waals surface area (Å²) in [7, 11) is 1.68. The van der Waals surface area contributed by atoms with Crippen LogP contribution in [0.2, 0.25) is 0 Å². The summed E-state index contributed by atoms with van der Waals surface area (Å²) in [5, 5.41) is 0. The van der Waals surface area contributed by atoms with E-state index in [-0.39, 0.29) is 24.4 Å². The van der Waals surface area contributed by atoms with Crippen LogP contribution in [0.5, 0.6) is 5.75 Å². The highest BCUT2D eigenvalue weighted by atomic mass is 16.6. The van der Waals surface area contributed by atoms with Crippen molar-refractivity contribution in [1.82, 2.24) is 0 Å². The monoisotopic (exact) mass is 332 g/mol. The minimum absolute atomic E-state index is 0.118. The van der Waals surface area contributed by atoms with E-state index >= 15 is 0 Å². The van der Waals surface area contributed by atoms with E-state index in [1.54, 1.807) is 7.11 Å². The first kappa shape index (κ1) is 17.5. The fourth-order valence-corrected chi connectivity index (χ4v) is 3.65. The Labute approximate surface area is 144 Å². The third-order valence-electron chi connectivity index (χ3n) is 5.20. The second-order valence-corrected chi connectivity index (χ2v) is 6.88. The van der Waals surface area contributed by atoms with Crippen LogP contribution in [0.25, 0.3) is 0 Å². The molecular weight excluding hydrogens is 304 g/mol. The van der Waals surface area contributed by atoms with E-state index in [1.807, 2.05) is 18.2 Å². The van der Waals surface area contributed by atoms with E-state index in [4.69, 9.17) is 18.9 Å². The second-order valence-electron chi connectivity index (χ2n) is 6.88. The van der Waals surface area contributed by atoms with Crippen LogP contribution in [-0.4, -0.2) is 38.1 Å². The van der Waals surface area contributed by atoms with Crippen LogP contribution in [0.15, 0.2) is 36.9 Å². The Kier molecular flexibility index (Phi) is 5.59. The standard InChI is InChI=1S/C20H28O4/c1-5-6-17-13(2)19(14(3)20(24-17)18-12-22-18)23-11-15-7-9-16(21-4)10-8-15/h5,7-10,13-14,17-20H,1,6,11-12H2,2-4H3/t13-,14+,17+,18-,19-,20+/m0/s1. The first-order chi connectivity index (χ1) is 11.6. The molecule has 1 aromatic rings. The summed E-state index contributed by atoms with van der Waals surface area (Å²) in [6.07, 6.45) is 3.43. The molecule has 3 rings (SSSR count). The molecule has 0 unspecified atom stereocenters. The Morgan fingerprint density at radius 3 is 2.50 bits per heavy atom. The summed E-state index contributed by atoms with van der Waals surface area (Å²) in [6.45, 7) is 9.69. The van der Waals surface area contributed by atoms with Gasteiger partial charge in [-0.05, 0) is 24.1 Å². The zero-order valence-electron chi connectivity index (χ0n) is 14.8. The average Bonchev–Trinajstić information content (AvgIpc) is 3.43. The largest absolute Gasteiger partial charge is 0.497 e. The van der Waals surface area contributed by atoms with Gasteiger partial charge in [0.1, 0.15) is 11.9 Å². The Morgan fingerprint density at radius 2 is 1.92 bits per heavy atom. The zero-order chi connectivity index (χ0) is 17.1. The van der Waals surface area contributed by atoms with Crippen LogP contribution in [0.1, 0.15) is 25.8 Å². The highest BCUT2D eigenvalue weighted by molar-refractivity contribution is 5.26. The molecule has 2 saturated heterocycles. The molecule has 0 bridgehead atoms. The topological polar surface area (TPSA) is 40.2 Å². The fraction of sp³-hybridized carbons (Fsp3) is 0.600. The van der Waals surface area contributed by atoms with Crippen molar-refractivity contribution < 1.29 is 18.9 Å². The van der Waals surface area contributed by atoms with Gasteiger partial charge in [0, 0.05) is 11.8 Å². The normalized spacial score (nSPS) is 35.5. The Hall–Kier alpha value is -1.36. The van der Waals surface area contributed by atoms with Crippen molar-refractivity contribution in [1.29, 1.82) is 0 Å². The van der Waals surface area contributed by atoms with Crippen molar-refractivity contribution in [3.05, 3.63) is 42.5 Å². The van der Waals surface area contributed by atoms with Gasteiger partial charge in [0.05, 0.1) is 38.6 Å². The molecule has 132 valence electrons. The molecule has 2 fully saturated rings. The summed E-state index contributed by atoms with van der Waals surface area (Å²) >= 11 is 0. The highest BCUT2D eigenvalue weighted by Crippen LogP contribution is 2.38. The molecule has 0 spiro atoms. The first-order valence-electron chi connectivity index (χ1n) is 8.76. The van der Waals surface area contributed by atoms with Crippen LogP contribution >= 0.6 is 0 Å². The molecule has 2 aliphatic heterocycles. The zero-order valence-corrected chi connectivity index (χ0v) is 14.8. The van der Waals surface area contributed by atoms with E-state index < -0.39 is 0 Å². The molecule has 0 N–H and O–H groups in total. The average molecular weight is 332 g/mol. The Morgan fingerprint density at radius 1 is 1.21 bits per heavy atom. The molecule has 0 aromatic heterocycles. The van der Waals surface area contributed by atoms with Crippen LogP contribution in [0.4, 0.5) is 0 Å². The Bertz CT molecular complexity index is 537. The number of rotatable bonds is 7. The molecule has 0 saturated carbocycles. The van der Waals surface area contributed by atoms with E-state index in [1.165, 1.54) is 0 Å². The van der Waals surface area contributed by atoms with Crippen LogP contribution in [0.3, 0.4) is 0 Å². The number of benzene rings is 1. The van der Waals surface area contributed by atoms with E-state index in [0.29, 0.717) is 18.4 Å². The van der Waals surface area contributed by atoms with Crippen LogP contribution < -0.4 is 4.74 Å². The van der Waals surface area contributed by atoms with Crippen molar-refractivity contribution >= 4 is 0 Å². The van der Waals surface area contributed by atoms with Crippen molar-refractivity contribution in [3.63, 3.8) is 0 Å². The van der Waals surface area contributed by atoms with Gasteiger partial charge in [-0.3, -0.25) is 0 Å². The van der Waals surface area contributed by atoms with Crippen molar-refractivity contribution in [2.45, 2.75) is 51.3 Å². The van der Waals surface area contributed by atoms with Crippen molar-refractivity contribution in [2.75, 3.05) is 13.7 Å². The molecule has 4 heteroatoms. The summed E-state index contributed by atoms with van der Waals surface area (Å²) in [5.41, 5.74) is 1.15. The number of hydrogen-bond acceptors (Lipinski definition) is 4. The lowest BCUT2D eigenvalue weighted by atomic mass is 9.80. The molecule has 0 amide bonds. The van der Waals surface area contributed by atoms with Gasteiger partial charge in [-0.2, -0.15) is 0 Å². The predicted octanol–water partition coefficient (Wildman–Crippen LogP) is 3.59. The summed E-state index contributed by atoms with van der Waals surface area (Å²) in [6, 6.07) is 8.04. The predicted molar refractivity (Wildman–Crippen MR) is 93.1 cm³/mol. The van der Waals surface area contributed by atoms with Gasteiger partial charge in [-0.25, -0.2) is 0 Å².